The van der Waals surface area contributed by atoms with Crippen molar-refractivity contribution >= 4 is 28.3 Å². The van der Waals surface area contributed by atoms with Crippen molar-refractivity contribution in [1.29, 1.82) is 0 Å². The monoisotopic (exact) mass is 295 g/mol. The van der Waals surface area contributed by atoms with Crippen molar-refractivity contribution < 1.29 is 9.13 Å². The van der Waals surface area contributed by atoms with Gasteiger partial charge < -0.3 is 10.1 Å². The fourth-order valence-electron chi connectivity index (χ4n) is 1.55. The van der Waals surface area contributed by atoms with E-state index >= 15 is 0 Å². The van der Waals surface area contributed by atoms with Crippen LogP contribution in [0.3, 0.4) is 0 Å². The fourth-order valence-corrected chi connectivity index (χ4v) is 1.88. The van der Waals surface area contributed by atoms with Gasteiger partial charge in [0.2, 0.25) is 0 Å². The number of benzene rings is 1. The van der Waals surface area contributed by atoms with Gasteiger partial charge in [0.25, 0.3) is 0 Å². The Bertz CT molecular complexity index is 331. The molecule has 1 aromatic rings. The molecule has 15 heavy (non-hydrogen) atoms. The molecule has 0 bridgehead atoms. The van der Waals surface area contributed by atoms with Gasteiger partial charge in [-0.2, -0.15) is 0 Å². The molecule has 84 valence electrons. The summed E-state index contributed by atoms with van der Waals surface area (Å²) in [5.41, 5.74) is 0.674. The first kappa shape index (κ1) is 12.9. The van der Waals surface area contributed by atoms with Crippen LogP contribution in [0.25, 0.3) is 0 Å². The molecule has 1 aliphatic rings. The van der Waals surface area contributed by atoms with Gasteiger partial charge in [-0.1, -0.05) is 22.0 Å². The second-order valence-corrected chi connectivity index (χ2v) is 4.16. The summed E-state index contributed by atoms with van der Waals surface area (Å²) in [5.74, 6) is -0.192. The lowest BCUT2D eigenvalue weighted by Crippen LogP contribution is -2.35. The molecule has 1 atom stereocenters. The highest BCUT2D eigenvalue weighted by Gasteiger charge is 2.18. The number of hydrogen-bond acceptors (Lipinski definition) is 2. The fraction of sp³-hybridized carbons (Fsp3) is 0.400. The number of halogens is 3. The third-order valence-electron chi connectivity index (χ3n) is 2.26. The molecule has 0 radical (unpaired) electrons. The Kier molecular flexibility index (Phi) is 4.99. The van der Waals surface area contributed by atoms with Crippen molar-refractivity contribution in [2.75, 3.05) is 19.8 Å². The lowest BCUT2D eigenvalue weighted by atomic mass is 10.1. The summed E-state index contributed by atoms with van der Waals surface area (Å²) in [6.45, 7) is 2.02. The van der Waals surface area contributed by atoms with E-state index in [0.29, 0.717) is 18.8 Å². The van der Waals surface area contributed by atoms with E-state index in [2.05, 4.69) is 21.2 Å². The first-order chi connectivity index (χ1) is 6.77. The van der Waals surface area contributed by atoms with Crippen molar-refractivity contribution in [3.05, 3.63) is 34.1 Å². The number of rotatable bonds is 1. The summed E-state index contributed by atoms with van der Waals surface area (Å²) in [6.07, 6.45) is 0. The van der Waals surface area contributed by atoms with Gasteiger partial charge in [-0.25, -0.2) is 4.39 Å². The van der Waals surface area contributed by atoms with E-state index in [4.69, 9.17) is 4.74 Å². The highest BCUT2D eigenvalue weighted by Crippen LogP contribution is 2.22. The largest absolute Gasteiger partial charge is 0.378 e. The molecule has 2 nitrogen and oxygen atoms in total. The molecular weight excluding hydrogens is 284 g/mol. The molecule has 1 heterocycles. The van der Waals surface area contributed by atoms with Crippen molar-refractivity contribution in [3.63, 3.8) is 0 Å². The molecule has 0 amide bonds. The highest BCUT2D eigenvalue weighted by atomic mass is 79.9. The van der Waals surface area contributed by atoms with Crippen LogP contribution in [0, 0.1) is 5.82 Å². The molecule has 1 saturated heterocycles. The average molecular weight is 297 g/mol. The van der Waals surface area contributed by atoms with E-state index < -0.39 is 0 Å². The third-order valence-corrected chi connectivity index (χ3v) is 2.75. The molecule has 1 fully saturated rings. The summed E-state index contributed by atoms with van der Waals surface area (Å²) in [4.78, 5) is 0. The Morgan fingerprint density at radius 1 is 1.47 bits per heavy atom. The summed E-state index contributed by atoms with van der Waals surface area (Å²) in [7, 11) is 0. The van der Waals surface area contributed by atoms with E-state index in [9.17, 15) is 4.39 Å². The van der Waals surface area contributed by atoms with Gasteiger partial charge in [-0.15, -0.1) is 12.4 Å². The van der Waals surface area contributed by atoms with Crippen LogP contribution in [-0.4, -0.2) is 19.8 Å². The zero-order chi connectivity index (χ0) is 9.97. The van der Waals surface area contributed by atoms with E-state index in [0.717, 1.165) is 11.0 Å². The highest BCUT2D eigenvalue weighted by molar-refractivity contribution is 9.10. The molecule has 0 aromatic heterocycles. The minimum absolute atomic E-state index is 0. The topological polar surface area (TPSA) is 21.3 Å². The maximum absolute atomic E-state index is 13.5. The average Bonchev–Trinajstić information content (AvgIpc) is 2.19. The van der Waals surface area contributed by atoms with Crippen LogP contribution in [0.4, 0.5) is 4.39 Å². The summed E-state index contributed by atoms with van der Waals surface area (Å²) in [5, 5.41) is 3.22. The van der Waals surface area contributed by atoms with Crippen LogP contribution in [0.2, 0.25) is 0 Å². The normalized spacial score (nSPS) is 20.8. The molecule has 2 rings (SSSR count). The van der Waals surface area contributed by atoms with Crippen LogP contribution < -0.4 is 5.32 Å². The van der Waals surface area contributed by atoms with Gasteiger partial charge in [-0.05, 0) is 12.1 Å². The predicted molar refractivity (Wildman–Crippen MR) is 62.9 cm³/mol. The summed E-state index contributed by atoms with van der Waals surface area (Å²) in [6, 6.07) is 5.09. The molecule has 0 saturated carbocycles. The number of nitrogens with one attached hydrogen (secondary N) is 1. The first-order valence-corrected chi connectivity index (χ1v) is 5.33. The summed E-state index contributed by atoms with van der Waals surface area (Å²) >= 11 is 3.23. The lowest BCUT2D eigenvalue weighted by Gasteiger charge is -2.24. The molecule has 1 N–H and O–H groups in total. The van der Waals surface area contributed by atoms with Crippen molar-refractivity contribution in [3.8, 4) is 0 Å². The van der Waals surface area contributed by atoms with Gasteiger partial charge in [0.05, 0.1) is 19.3 Å². The Labute approximate surface area is 103 Å². The smallest absolute Gasteiger partial charge is 0.129 e. The van der Waals surface area contributed by atoms with Gasteiger partial charge in [0, 0.05) is 16.6 Å². The minimum Gasteiger partial charge on any atom is -0.378 e. The standard InChI is InChI=1S/C10H11BrFNO.ClH/c11-7-1-2-8(9(12)5-7)10-6-14-4-3-13-10;/h1-2,5,10,13H,3-4,6H2;1H/t10-;/m0./s1. The quantitative estimate of drug-likeness (QED) is 0.860. The Balaban J connectivity index is 0.00000112. The zero-order valence-corrected chi connectivity index (χ0v) is 10.4. The van der Waals surface area contributed by atoms with Gasteiger partial charge in [0.1, 0.15) is 5.82 Å². The lowest BCUT2D eigenvalue weighted by molar-refractivity contribution is 0.0757. The first-order valence-electron chi connectivity index (χ1n) is 4.53. The van der Waals surface area contributed by atoms with E-state index in [1.54, 1.807) is 6.07 Å². The van der Waals surface area contributed by atoms with Crippen molar-refractivity contribution in [2.45, 2.75) is 6.04 Å². The van der Waals surface area contributed by atoms with Crippen LogP contribution in [0.5, 0.6) is 0 Å². The maximum Gasteiger partial charge on any atom is 0.129 e. The molecule has 0 aliphatic carbocycles. The predicted octanol–water partition coefficient (Wildman–Crippen LogP) is 2.67. The second-order valence-electron chi connectivity index (χ2n) is 3.25. The van der Waals surface area contributed by atoms with E-state index in [1.807, 2.05) is 6.07 Å². The number of hydrogen-bond donors (Lipinski definition) is 1. The molecular formula is C10H12BrClFNO. The van der Waals surface area contributed by atoms with Crippen LogP contribution >= 0.6 is 28.3 Å². The number of ether oxygens (including phenoxy) is 1. The second kappa shape index (κ2) is 5.80. The Hall–Kier alpha value is -0.160. The van der Waals surface area contributed by atoms with Crippen molar-refractivity contribution in [1.82, 2.24) is 5.32 Å². The molecule has 1 aromatic carbocycles. The van der Waals surface area contributed by atoms with Crippen LogP contribution in [0.1, 0.15) is 11.6 Å². The molecule has 5 heteroatoms. The Morgan fingerprint density at radius 2 is 2.27 bits per heavy atom. The van der Waals surface area contributed by atoms with Crippen LogP contribution in [0.15, 0.2) is 22.7 Å². The van der Waals surface area contributed by atoms with Crippen LogP contribution in [-0.2, 0) is 4.74 Å². The van der Waals surface area contributed by atoms with Crippen molar-refractivity contribution in [2.24, 2.45) is 0 Å². The Morgan fingerprint density at radius 3 is 2.87 bits per heavy atom. The SMILES string of the molecule is Cl.Fc1cc(Br)ccc1[C@@H]1COCCN1. The molecule has 0 spiro atoms. The maximum atomic E-state index is 13.5. The molecule has 0 unspecified atom stereocenters. The van der Waals surface area contributed by atoms with E-state index in [-0.39, 0.29) is 24.3 Å². The van der Waals surface area contributed by atoms with Gasteiger partial charge in [0.15, 0.2) is 0 Å². The minimum atomic E-state index is -0.192. The van der Waals surface area contributed by atoms with Gasteiger partial charge >= 0.3 is 0 Å². The zero-order valence-electron chi connectivity index (χ0n) is 8.00. The van der Waals surface area contributed by atoms with E-state index in [1.165, 1.54) is 6.07 Å². The molecule has 1 aliphatic heterocycles. The third kappa shape index (κ3) is 3.14. The summed E-state index contributed by atoms with van der Waals surface area (Å²) < 4.78 is 19.5. The number of morpholine rings is 1. The van der Waals surface area contributed by atoms with Gasteiger partial charge in [-0.3, -0.25) is 0 Å².